The molecule has 2 rings (SSSR count). The molecule has 1 fully saturated rings. The number of aromatic nitrogens is 1. The molecule has 1 atom stereocenters. The molecule has 1 saturated heterocycles. The van der Waals surface area contributed by atoms with Crippen LogP contribution in [0.3, 0.4) is 0 Å². The Labute approximate surface area is 101 Å². The lowest BCUT2D eigenvalue weighted by atomic mass is 10.3. The van der Waals surface area contributed by atoms with Gasteiger partial charge in [0, 0.05) is 30.2 Å². The Balaban J connectivity index is 2.06. The van der Waals surface area contributed by atoms with Crippen LogP contribution in [0, 0.1) is 0 Å². The first-order valence-electron chi connectivity index (χ1n) is 5.63. The molecule has 0 N–H and O–H groups in total. The lowest BCUT2D eigenvalue weighted by Gasteiger charge is -2.26. The molecule has 1 unspecified atom stereocenters. The van der Waals surface area contributed by atoms with Gasteiger partial charge in [0.05, 0.1) is 13.2 Å². The molecule has 1 aliphatic heterocycles. The molecule has 0 radical (unpaired) electrons. The van der Waals surface area contributed by atoms with Gasteiger partial charge in [-0.3, -0.25) is 0 Å². The van der Waals surface area contributed by atoms with Gasteiger partial charge in [-0.2, -0.15) is 0 Å². The summed E-state index contributed by atoms with van der Waals surface area (Å²) in [5.41, 5.74) is 0. The molecule has 0 saturated carbocycles. The highest BCUT2D eigenvalue weighted by Gasteiger charge is 2.17. The molecular formula is C11H19N3OS. The fraction of sp³-hybridized carbons (Fsp3) is 0.727. The summed E-state index contributed by atoms with van der Waals surface area (Å²) in [6.45, 7) is 5.76. The summed E-state index contributed by atoms with van der Waals surface area (Å²) in [7, 11) is 4.19. The predicted molar refractivity (Wildman–Crippen MR) is 67.2 cm³/mol. The van der Waals surface area contributed by atoms with E-state index in [-0.39, 0.29) is 0 Å². The molecule has 1 aromatic heterocycles. The van der Waals surface area contributed by atoms with Crippen LogP contribution in [0.4, 0.5) is 5.13 Å². The average molecular weight is 241 g/mol. The maximum Gasteiger partial charge on any atom is 0.185 e. The summed E-state index contributed by atoms with van der Waals surface area (Å²) >= 11 is 1.79. The number of nitrogens with zero attached hydrogens (tertiary/aromatic N) is 3. The monoisotopic (exact) mass is 241 g/mol. The molecule has 5 heteroatoms. The van der Waals surface area contributed by atoms with Crippen molar-refractivity contribution in [3.05, 3.63) is 11.1 Å². The molecule has 2 heterocycles. The van der Waals surface area contributed by atoms with Crippen LogP contribution in [0.1, 0.15) is 17.8 Å². The van der Waals surface area contributed by atoms with Crippen molar-refractivity contribution in [3.63, 3.8) is 0 Å². The first-order valence-corrected chi connectivity index (χ1v) is 6.45. The Hall–Kier alpha value is -0.650. The van der Waals surface area contributed by atoms with Gasteiger partial charge in [-0.1, -0.05) is 0 Å². The van der Waals surface area contributed by atoms with Gasteiger partial charge in [-0.15, -0.1) is 11.3 Å². The number of hydrogen-bond acceptors (Lipinski definition) is 5. The van der Waals surface area contributed by atoms with Crippen LogP contribution in [0.5, 0.6) is 0 Å². The zero-order valence-corrected chi connectivity index (χ0v) is 11.0. The van der Waals surface area contributed by atoms with E-state index in [1.54, 1.807) is 11.3 Å². The highest BCUT2D eigenvalue weighted by molar-refractivity contribution is 7.15. The van der Waals surface area contributed by atoms with E-state index < -0.39 is 0 Å². The molecule has 0 bridgehead atoms. The lowest BCUT2D eigenvalue weighted by molar-refractivity contribution is 0.122. The van der Waals surface area contributed by atoms with Gasteiger partial charge < -0.3 is 14.5 Å². The molecule has 4 nitrogen and oxygen atoms in total. The van der Waals surface area contributed by atoms with E-state index in [1.165, 1.54) is 4.88 Å². The molecule has 16 heavy (non-hydrogen) atoms. The minimum absolute atomic E-state index is 0.437. The maximum absolute atomic E-state index is 5.34. The number of morpholine rings is 1. The summed E-state index contributed by atoms with van der Waals surface area (Å²) in [4.78, 5) is 10.3. The molecule has 0 amide bonds. The Bertz CT molecular complexity index is 334. The van der Waals surface area contributed by atoms with E-state index in [9.17, 15) is 0 Å². The maximum atomic E-state index is 5.34. The first kappa shape index (κ1) is 11.8. The van der Waals surface area contributed by atoms with E-state index in [2.05, 4.69) is 35.8 Å². The molecule has 0 spiro atoms. The number of ether oxygens (including phenoxy) is 1. The highest BCUT2D eigenvalue weighted by Crippen LogP contribution is 2.29. The van der Waals surface area contributed by atoms with E-state index >= 15 is 0 Å². The van der Waals surface area contributed by atoms with E-state index in [4.69, 9.17) is 4.74 Å². The molecule has 1 aliphatic rings. The van der Waals surface area contributed by atoms with Gasteiger partial charge in [-0.25, -0.2) is 4.98 Å². The molecule has 90 valence electrons. The summed E-state index contributed by atoms with van der Waals surface area (Å²) in [5, 5.41) is 1.13. The van der Waals surface area contributed by atoms with Gasteiger partial charge in [0.15, 0.2) is 5.13 Å². The molecule has 0 aliphatic carbocycles. The third kappa shape index (κ3) is 2.53. The van der Waals surface area contributed by atoms with E-state index in [0.717, 1.165) is 31.4 Å². The van der Waals surface area contributed by atoms with Crippen molar-refractivity contribution < 1.29 is 4.74 Å². The van der Waals surface area contributed by atoms with E-state index in [1.807, 2.05) is 6.20 Å². The van der Waals surface area contributed by atoms with Crippen molar-refractivity contribution in [3.8, 4) is 0 Å². The quantitative estimate of drug-likeness (QED) is 0.804. The number of rotatable bonds is 3. The summed E-state index contributed by atoms with van der Waals surface area (Å²) in [6, 6.07) is 0.437. The second kappa shape index (κ2) is 5.12. The van der Waals surface area contributed by atoms with Crippen LogP contribution in [-0.2, 0) is 4.74 Å². The van der Waals surface area contributed by atoms with Crippen molar-refractivity contribution in [2.24, 2.45) is 0 Å². The van der Waals surface area contributed by atoms with Crippen LogP contribution in [-0.4, -0.2) is 50.3 Å². The smallest absolute Gasteiger partial charge is 0.185 e. The van der Waals surface area contributed by atoms with Gasteiger partial charge in [0.2, 0.25) is 0 Å². The topological polar surface area (TPSA) is 28.6 Å². The summed E-state index contributed by atoms with van der Waals surface area (Å²) in [6.07, 6.45) is 2.00. The standard InChI is InChI=1S/C11H19N3OS/c1-9(13(2)3)10-8-12-11(16-10)14-4-6-15-7-5-14/h8-9H,4-7H2,1-3H3. The van der Waals surface area contributed by atoms with Crippen LogP contribution < -0.4 is 4.90 Å². The van der Waals surface area contributed by atoms with Crippen molar-refractivity contribution >= 4 is 16.5 Å². The number of hydrogen-bond donors (Lipinski definition) is 0. The van der Waals surface area contributed by atoms with Crippen LogP contribution in [0.25, 0.3) is 0 Å². The third-order valence-corrected chi connectivity index (χ3v) is 4.21. The lowest BCUT2D eigenvalue weighted by Crippen LogP contribution is -2.36. The van der Waals surface area contributed by atoms with Gasteiger partial charge >= 0.3 is 0 Å². The highest BCUT2D eigenvalue weighted by atomic mass is 32.1. The van der Waals surface area contributed by atoms with Gasteiger partial charge in [0.25, 0.3) is 0 Å². The second-order valence-electron chi connectivity index (χ2n) is 4.28. The second-order valence-corrected chi connectivity index (χ2v) is 5.32. The fourth-order valence-corrected chi connectivity index (χ4v) is 2.74. The Morgan fingerprint density at radius 2 is 2.12 bits per heavy atom. The Morgan fingerprint density at radius 3 is 2.75 bits per heavy atom. The first-order chi connectivity index (χ1) is 7.68. The van der Waals surface area contributed by atoms with Gasteiger partial charge in [0.1, 0.15) is 0 Å². The van der Waals surface area contributed by atoms with Gasteiger partial charge in [-0.05, 0) is 21.0 Å². The molecule has 1 aromatic rings. The minimum atomic E-state index is 0.437. The van der Waals surface area contributed by atoms with Crippen LogP contribution in [0.15, 0.2) is 6.20 Å². The zero-order valence-electron chi connectivity index (χ0n) is 10.1. The predicted octanol–water partition coefficient (Wildman–Crippen LogP) is 1.60. The fourth-order valence-electron chi connectivity index (χ4n) is 1.63. The Morgan fingerprint density at radius 1 is 1.44 bits per heavy atom. The van der Waals surface area contributed by atoms with E-state index in [0.29, 0.717) is 6.04 Å². The minimum Gasteiger partial charge on any atom is -0.378 e. The SMILES string of the molecule is CC(c1cnc(N2CCOCC2)s1)N(C)C. The van der Waals surface area contributed by atoms with Crippen LogP contribution in [0.2, 0.25) is 0 Å². The summed E-state index contributed by atoms with van der Waals surface area (Å²) < 4.78 is 5.34. The average Bonchev–Trinajstić information content (AvgIpc) is 2.78. The Kier molecular flexibility index (Phi) is 3.78. The van der Waals surface area contributed by atoms with Crippen molar-refractivity contribution in [2.75, 3.05) is 45.3 Å². The molecular weight excluding hydrogens is 222 g/mol. The third-order valence-electron chi connectivity index (χ3n) is 2.98. The van der Waals surface area contributed by atoms with Crippen molar-refractivity contribution in [1.29, 1.82) is 0 Å². The van der Waals surface area contributed by atoms with Crippen LogP contribution >= 0.6 is 11.3 Å². The zero-order chi connectivity index (χ0) is 11.5. The molecule has 0 aromatic carbocycles. The number of thiazole rings is 1. The van der Waals surface area contributed by atoms with Crippen molar-refractivity contribution in [2.45, 2.75) is 13.0 Å². The van der Waals surface area contributed by atoms with Crippen molar-refractivity contribution in [1.82, 2.24) is 9.88 Å². The largest absolute Gasteiger partial charge is 0.378 e. The summed E-state index contributed by atoms with van der Waals surface area (Å²) in [5.74, 6) is 0. The number of anilines is 1. The normalized spacial score (nSPS) is 19.1.